The molecule has 0 aromatic carbocycles. The van der Waals surface area contributed by atoms with Crippen molar-refractivity contribution in [3.63, 3.8) is 0 Å². The van der Waals surface area contributed by atoms with Crippen molar-refractivity contribution < 1.29 is 9.90 Å². The second-order valence-electron chi connectivity index (χ2n) is 2.40. The molecule has 1 saturated heterocycles. The van der Waals surface area contributed by atoms with E-state index >= 15 is 0 Å². The van der Waals surface area contributed by atoms with Gasteiger partial charge in [0.15, 0.2) is 0 Å². The van der Waals surface area contributed by atoms with Crippen LogP contribution in [0.1, 0.15) is 19.8 Å². The van der Waals surface area contributed by atoms with Crippen LogP contribution in [0, 0.1) is 0 Å². The number of hydrogen-bond acceptors (Lipinski definition) is 3. The Morgan fingerprint density at radius 1 is 1.42 bits per heavy atom. The molecule has 1 rings (SSSR count). The van der Waals surface area contributed by atoms with E-state index in [4.69, 9.17) is 5.11 Å². The summed E-state index contributed by atoms with van der Waals surface area (Å²) in [5, 5.41) is 9.93. The third kappa shape index (κ3) is 9.19. The van der Waals surface area contributed by atoms with E-state index in [2.05, 4.69) is 16.2 Å². The Bertz CT molecular complexity index is 104. The minimum Gasteiger partial charge on any atom is -0.465 e. The Hall–Kier alpha value is -0.810. The van der Waals surface area contributed by atoms with Gasteiger partial charge >= 0.3 is 6.09 Å². The van der Waals surface area contributed by atoms with Gasteiger partial charge in [0.1, 0.15) is 0 Å². The van der Waals surface area contributed by atoms with Crippen LogP contribution >= 0.6 is 0 Å². The minimum atomic E-state index is -0.961. The largest absolute Gasteiger partial charge is 0.465 e. The van der Waals surface area contributed by atoms with Crippen molar-refractivity contribution in [1.29, 1.82) is 0 Å². The van der Waals surface area contributed by atoms with Gasteiger partial charge in [-0.25, -0.2) is 4.79 Å². The van der Waals surface area contributed by atoms with E-state index in [1.54, 1.807) is 6.92 Å². The number of hydrazine groups is 1. The fraction of sp³-hybridized carbons (Fsp3) is 0.857. The molecule has 5 heteroatoms. The third-order valence-electron chi connectivity index (χ3n) is 1.31. The molecule has 0 unspecified atom stereocenters. The summed E-state index contributed by atoms with van der Waals surface area (Å²) in [5.74, 6) is 0. The van der Waals surface area contributed by atoms with Crippen LogP contribution in [0.5, 0.6) is 0 Å². The molecular weight excluding hydrogens is 158 g/mol. The first-order valence-electron chi connectivity index (χ1n) is 4.20. The summed E-state index contributed by atoms with van der Waals surface area (Å²) in [5.41, 5.74) is 6.07. The lowest BCUT2D eigenvalue weighted by molar-refractivity contribution is 0.195. The molecule has 0 aliphatic carbocycles. The molecule has 1 aliphatic rings. The third-order valence-corrected chi connectivity index (χ3v) is 1.31. The maximum atomic E-state index is 9.49. The molecule has 0 saturated carbocycles. The van der Waals surface area contributed by atoms with Gasteiger partial charge in [-0.1, -0.05) is 0 Å². The molecule has 5 nitrogen and oxygen atoms in total. The van der Waals surface area contributed by atoms with Crippen LogP contribution in [0.3, 0.4) is 0 Å². The van der Waals surface area contributed by atoms with E-state index in [0.717, 1.165) is 13.1 Å². The SMILES string of the molecule is C1CCNNC1.CCNC(=O)O. The molecule has 0 bridgehead atoms. The number of hydrogen-bond donors (Lipinski definition) is 4. The average Bonchev–Trinajstić information content (AvgIpc) is 2.08. The minimum absolute atomic E-state index is 0.481. The lowest BCUT2D eigenvalue weighted by Crippen LogP contribution is -2.37. The van der Waals surface area contributed by atoms with Gasteiger partial charge in [0.05, 0.1) is 0 Å². The quantitative estimate of drug-likeness (QED) is 0.457. The first-order valence-corrected chi connectivity index (χ1v) is 4.20. The van der Waals surface area contributed by atoms with Crippen molar-refractivity contribution in [3.8, 4) is 0 Å². The van der Waals surface area contributed by atoms with Crippen molar-refractivity contribution in [2.45, 2.75) is 19.8 Å². The maximum Gasteiger partial charge on any atom is 0.404 e. The fourth-order valence-electron chi connectivity index (χ4n) is 0.755. The van der Waals surface area contributed by atoms with Gasteiger partial charge in [-0.15, -0.1) is 0 Å². The van der Waals surface area contributed by atoms with Crippen LogP contribution in [0.2, 0.25) is 0 Å². The normalized spacial score (nSPS) is 15.8. The highest BCUT2D eigenvalue weighted by molar-refractivity contribution is 5.64. The highest BCUT2D eigenvalue weighted by atomic mass is 16.4. The van der Waals surface area contributed by atoms with Crippen molar-refractivity contribution in [2.75, 3.05) is 19.6 Å². The topological polar surface area (TPSA) is 73.4 Å². The molecule has 1 amide bonds. The van der Waals surface area contributed by atoms with Gasteiger partial charge in [-0.3, -0.25) is 10.9 Å². The zero-order valence-corrected chi connectivity index (χ0v) is 7.39. The summed E-state index contributed by atoms with van der Waals surface area (Å²) >= 11 is 0. The monoisotopic (exact) mass is 175 g/mol. The second-order valence-corrected chi connectivity index (χ2v) is 2.40. The number of nitrogens with one attached hydrogen (secondary N) is 3. The van der Waals surface area contributed by atoms with Crippen LogP contribution < -0.4 is 16.2 Å². The molecule has 0 aromatic heterocycles. The predicted octanol–water partition coefficient (Wildman–Crippen LogP) is 0.148. The van der Waals surface area contributed by atoms with Crippen molar-refractivity contribution in [1.82, 2.24) is 16.2 Å². The van der Waals surface area contributed by atoms with Crippen molar-refractivity contribution in [3.05, 3.63) is 0 Å². The van der Waals surface area contributed by atoms with E-state index in [-0.39, 0.29) is 0 Å². The van der Waals surface area contributed by atoms with E-state index in [0.29, 0.717) is 6.54 Å². The first-order chi connectivity index (χ1) is 5.77. The highest BCUT2D eigenvalue weighted by Crippen LogP contribution is 1.85. The molecule has 1 heterocycles. The van der Waals surface area contributed by atoms with Gasteiger partial charge in [0, 0.05) is 19.6 Å². The van der Waals surface area contributed by atoms with E-state index in [1.807, 2.05) is 0 Å². The van der Waals surface area contributed by atoms with Crippen molar-refractivity contribution >= 4 is 6.09 Å². The lowest BCUT2D eigenvalue weighted by Gasteiger charge is -2.10. The summed E-state index contributed by atoms with van der Waals surface area (Å²) < 4.78 is 0. The molecule has 0 aromatic rings. The van der Waals surface area contributed by atoms with Gasteiger partial charge in [-0.05, 0) is 19.8 Å². The first kappa shape index (κ1) is 11.2. The molecular formula is C7H17N3O2. The smallest absolute Gasteiger partial charge is 0.404 e. The van der Waals surface area contributed by atoms with Crippen LogP contribution in [0.25, 0.3) is 0 Å². The Balaban J connectivity index is 0.000000202. The van der Waals surface area contributed by atoms with Crippen LogP contribution in [0.4, 0.5) is 4.79 Å². The maximum absolute atomic E-state index is 9.49. The zero-order valence-electron chi connectivity index (χ0n) is 7.39. The van der Waals surface area contributed by atoms with Gasteiger partial charge < -0.3 is 10.4 Å². The Morgan fingerprint density at radius 2 is 1.92 bits per heavy atom. The van der Waals surface area contributed by atoms with Gasteiger partial charge in [0.25, 0.3) is 0 Å². The molecule has 0 spiro atoms. The van der Waals surface area contributed by atoms with E-state index < -0.39 is 6.09 Å². The summed E-state index contributed by atoms with van der Waals surface area (Å²) in [7, 11) is 0. The average molecular weight is 175 g/mol. The van der Waals surface area contributed by atoms with Crippen LogP contribution in [-0.2, 0) is 0 Å². The van der Waals surface area contributed by atoms with Crippen LogP contribution in [-0.4, -0.2) is 30.8 Å². The Kier molecular flexibility index (Phi) is 7.73. The summed E-state index contributed by atoms with van der Waals surface area (Å²) in [6.07, 6.45) is 1.69. The van der Waals surface area contributed by atoms with Gasteiger partial charge in [-0.2, -0.15) is 0 Å². The second kappa shape index (κ2) is 8.29. The molecule has 1 aliphatic heterocycles. The number of amides is 1. The molecule has 72 valence electrons. The Labute approximate surface area is 72.5 Å². The van der Waals surface area contributed by atoms with Crippen LogP contribution in [0.15, 0.2) is 0 Å². The number of rotatable bonds is 1. The lowest BCUT2D eigenvalue weighted by atomic mass is 10.3. The molecule has 12 heavy (non-hydrogen) atoms. The predicted molar refractivity (Wildman–Crippen MR) is 46.9 cm³/mol. The van der Waals surface area contributed by atoms with E-state index in [1.165, 1.54) is 12.8 Å². The summed E-state index contributed by atoms with van der Waals surface area (Å²) in [4.78, 5) is 9.49. The van der Waals surface area contributed by atoms with Gasteiger partial charge in [0.2, 0.25) is 0 Å². The molecule has 0 radical (unpaired) electrons. The highest BCUT2D eigenvalue weighted by Gasteiger charge is 1.92. The fourth-order valence-corrected chi connectivity index (χ4v) is 0.755. The van der Waals surface area contributed by atoms with Crippen molar-refractivity contribution in [2.24, 2.45) is 0 Å². The summed E-state index contributed by atoms with van der Waals surface area (Å²) in [6, 6.07) is 0. The Morgan fingerprint density at radius 3 is 2.00 bits per heavy atom. The standard InChI is InChI=1S/C4H10N2.C3H7NO2/c1-2-4-6-5-3-1;1-2-4-3(5)6/h5-6H,1-4H2;4H,2H2,1H3,(H,5,6). The number of carboxylic acid groups (broad SMARTS) is 1. The zero-order chi connectivity index (χ0) is 9.23. The molecule has 4 N–H and O–H groups in total. The summed E-state index contributed by atoms with van der Waals surface area (Å²) in [6.45, 7) is 4.49. The van der Waals surface area contributed by atoms with E-state index in [9.17, 15) is 4.79 Å². The molecule has 0 atom stereocenters. The number of carbonyl (C=O) groups is 1. The molecule has 1 fully saturated rings.